The predicted molar refractivity (Wildman–Crippen MR) is 102 cm³/mol. The van der Waals surface area contributed by atoms with Gasteiger partial charge < -0.3 is 15.4 Å². The Morgan fingerprint density at radius 1 is 1.36 bits per heavy atom. The van der Waals surface area contributed by atoms with Crippen molar-refractivity contribution in [2.45, 2.75) is 6.54 Å². The Bertz CT molecular complexity index is 1110. The first-order valence-corrected chi connectivity index (χ1v) is 8.70. The summed E-state index contributed by atoms with van der Waals surface area (Å²) in [5.74, 6) is -0.113. The van der Waals surface area contributed by atoms with Crippen molar-refractivity contribution in [3.8, 4) is 23.1 Å². The van der Waals surface area contributed by atoms with Crippen LogP contribution in [-0.4, -0.2) is 38.8 Å². The summed E-state index contributed by atoms with van der Waals surface area (Å²) >= 11 is 6.47. The molecule has 3 aromatic rings. The highest BCUT2D eigenvalue weighted by Gasteiger charge is 2.29. The maximum absolute atomic E-state index is 13.0. The van der Waals surface area contributed by atoms with E-state index in [4.69, 9.17) is 27.3 Å². The Morgan fingerprint density at radius 3 is 3.00 bits per heavy atom. The molecule has 1 amide bonds. The molecule has 0 atom stereocenters. The number of hydrogen-bond acceptors (Lipinski definition) is 7. The molecule has 9 nitrogen and oxygen atoms in total. The topological polar surface area (TPSA) is 123 Å². The largest absolute Gasteiger partial charge is 0.475 e. The predicted octanol–water partition coefficient (Wildman–Crippen LogP) is 2.14. The number of carbonyl (C=O) groups is 1. The average Bonchev–Trinajstić information content (AvgIpc) is 3.06. The van der Waals surface area contributed by atoms with Crippen LogP contribution < -0.4 is 15.4 Å². The molecule has 1 aliphatic heterocycles. The van der Waals surface area contributed by atoms with Gasteiger partial charge in [-0.05, 0) is 12.1 Å². The monoisotopic (exact) mass is 395 g/mol. The van der Waals surface area contributed by atoms with Gasteiger partial charge in [-0.25, -0.2) is 9.97 Å². The van der Waals surface area contributed by atoms with Crippen LogP contribution in [0, 0.1) is 11.3 Å². The van der Waals surface area contributed by atoms with Gasteiger partial charge in [-0.1, -0.05) is 17.7 Å². The normalized spacial score (nSPS) is 13.4. The third kappa shape index (κ3) is 3.10. The van der Waals surface area contributed by atoms with Crippen molar-refractivity contribution in [1.82, 2.24) is 19.7 Å². The Kier molecular flexibility index (Phi) is 4.55. The molecular weight excluding hydrogens is 382 g/mol. The van der Waals surface area contributed by atoms with Crippen molar-refractivity contribution < 1.29 is 9.53 Å². The number of carbonyl (C=O) groups excluding carboxylic acids is 1. The molecule has 4 rings (SSSR count). The van der Waals surface area contributed by atoms with Crippen LogP contribution in [0.25, 0.3) is 11.1 Å². The molecule has 0 aliphatic carbocycles. The minimum Gasteiger partial charge on any atom is -0.475 e. The van der Waals surface area contributed by atoms with E-state index >= 15 is 0 Å². The SMILES string of the molecule is N#CCn1cc(-c2ccc(N3CCOc4ncnc(N)c4C3=O)cc2Cl)cn1. The number of ether oxygens (including phenoxy) is 1. The summed E-state index contributed by atoms with van der Waals surface area (Å²) in [6, 6.07) is 7.31. The van der Waals surface area contributed by atoms with Gasteiger partial charge in [0, 0.05) is 23.0 Å². The van der Waals surface area contributed by atoms with E-state index in [-0.39, 0.29) is 36.3 Å². The molecule has 3 heterocycles. The number of nitrogens with zero attached hydrogens (tertiary/aromatic N) is 6. The minimum absolute atomic E-state index is 0.0644. The summed E-state index contributed by atoms with van der Waals surface area (Å²) in [6.45, 7) is 0.723. The molecule has 0 spiro atoms. The lowest BCUT2D eigenvalue weighted by Gasteiger charge is -2.21. The van der Waals surface area contributed by atoms with Crippen LogP contribution in [0.4, 0.5) is 11.5 Å². The molecule has 2 N–H and O–H groups in total. The van der Waals surface area contributed by atoms with E-state index in [2.05, 4.69) is 15.1 Å². The van der Waals surface area contributed by atoms with Gasteiger partial charge in [-0.2, -0.15) is 10.4 Å². The zero-order valence-electron chi connectivity index (χ0n) is 14.5. The van der Waals surface area contributed by atoms with Crippen molar-refractivity contribution in [2.24, 2.45) is 0 Å². The van der Waals surface area contributed by atoms with Gasteiger partial charge in [-0.15, -0.1) is 0 Å². The molecule has 0 saturated carbocycles. The zero-order valence-corrected chi connectivity index (χ0v) is 15.3. The number of benzene rings is 1. The molecule has 0 radical (unpaired) electrons. The summed E-state index contributed by atoms with van der Waals surface area (Å²) in [6.07, 6.45) is 4.63. The molecule has 1 aliphatic rings. The van der Waals surface area contributed by atoms with E-state index < -0.39 is 0 Å². The third-order valence-corrected chi connectivity index (χ3v) is 4.61. The van der Waals surface area contributed by atoms with E-state index in [1.807, 2.05) is 6.07 Å². The Balaban J connectivity index is 1.68. The lowest BCUT2D eigenvalue weighted by Crippen LogP contribution is -2.32. The van der Waals surface area contributed by atoms with Gasteiger partial charge in [0.05, 0.1) is 23.8 Å². The van der Waals surface area contributed by atoms with Crippen LogP contribution in [-0.2, 0) is 6.54 Å². The molecule has 0 unspecified atom stereocenters. The van der Waals surface area contributed by atoms with E-state index in [0.29, 0.717) is 17.3 Å². The zero-order chi connectivity index (χ0) is 19.7. The van der Waals surface area contributed by atoms with E-state index in [1.165, 1.54) is 15.9 Å². The minimum atomic E-state index is -0.351. The van der Waals surface area contributed by atoms with E-state index in [0.717, 1.165) is 11.1 Å². The van der Waals surface area contributed by atoms with Crippen molar-refractivity contribution in [1.29, 1.82) is 5.26 Å². The number of fused-ring (bicyclic) bond motifs is 1. The molecule has 1 aromatic carbocycles. The molecular formula is C18H14ClN7O2. The van der Waals surface area contributed by atoms with Crippen molar-refractivity contribution >= 4 is 29.0 Å². The third-order valence-electron chi connectivity index (χ3n) is 4.30. The lowest BCUT2D eigenvalue weighted by atomic mass is 10.1. The fourth-order valence-corrected chi connectivity index (χ4v) is 3.26. The van der Waals surface area contributed by atoms with Crippen LogP contribution in [0.1, 0.15) is 10.4 Å². The van der Waals surface area contributed by atoms with Gasteiger partial charge in [0.2, 0.25) is 5.88 Å². The molecule has 2 aromatic heterocycles. The van der Waals surface area contributed by atoms with Crippen LogP contribution in [0.5, 0.6) is 5.88 Å². The number of anilines is 2. The van der Waals surface area contributed by atoms with Gasteiger partial charge in [-0.3, -0.25) is 9.48 Å². The van der Waals surface area contributed by atoms with E-state index in [9.17, 15) is 4.79 Å². The highest BCUT2D eigenvalue weighted by Crippen LogP contribution is 2.33. The number of rotatable bonds is 3. The number of hydrogen-bond donors (Lipinski definition) is 1. The highest BCUT2D eigenvalue weighted by molar-refractivity contribution is 6.33. The Labute approximate surface area is 164 Å². The summed E-state index contributed by atoms with van der Waals surface area (Å²) < 4.78 is 7.06. The molecule has 140 valence electrons. The van der Waals surface area contributed by atoms with Gasteiger partial charge in [0.25, 0.3) is 5.91 Å². The maximum atomic E-state index is 13.0. The second kappa shape index (κ2) is 7.17. The fraction of sp³-hybridized carbons (Fsp3) is 0.167. The van der Waals surface area contributed by atoms with Crippen LogP contribution in [0.3, 0.4) is 0 Å². The first kappa shape index (κ1) is 17.8. The Morgan fingerprint density at radius 2 is 2.21 bits per heavy atom. The molecule has 0 bridgehead atoms. The quantitative estimate of drug-likeness (QED) is 0.720. The first-order valence-electron chi connectivity index (χ1n) is 8.33. The van der Waals surface area contributed by atoms with Crippen molar-refractivity contribution in [3.63, 3.8) is 0 Å². The summed E-state index contributed by atoms with van der Waals surface area (Å²) in [7, 11) is 0. The van der Waals surface area contributed by atoms with Crippen LogP contribution in [0.15, 0.2) is 36.9 Å². The number of aromatic nitrogens is 4. The first-order chi connectivity index (χ1) is 13.6. The summed E-state index contributed by atoms with van der Waals surface area (Å²) in [4.78, 5) is 22.4. The van der Waals surface area contributed by atoms with Crippen LogP contribution >= 0.6 is 11.6 Å². The lowest BCUT2D eigenvalue weighted by molar-refractivity contribution is 0.0990. The standard InChI is InChI=1S/C18H14ClN7O2/c19-14-7-12(1-2-13(14)11-8-24-25(9-11)4-3-20)26-5-6-28-17-15(18(26)27)16(21)22-10-23-17/h1-2,7-10H,4-6H2,(H2,21,22,23). The van der Waals surface area contributed by atoms with Crippen LogP contribution in [0.2, 0.25) is 5.02 Å². The second-order valence-corrected chi connectivity index (χ2v) is 6.40. The van der Waals surface area contributed by atoms with E-state index in [1.54, 1.807) is 30.6 Å². The van der Waals surface area contributed by atoms with Crippen molar-refractivity contribution in [3.05, 3.63) is 47.5 Å². The molecule has 28 heavy (non-hydrogen) atoms. The molecule has 0 fully saturated rings. The van der Waals surface area contributed by atoms with Crippen molar-refractivity contribution in [2.75, 3.05) is 23.8 Å². The highest BCUT2D eigenvalue weighted by atomic mass is 35.5. The number of halogens is 1. The summed E-state index contributed by atoms with van der Waals surface area (Å²) in [5, 5.41) is 13.3. The smallest absolute Gasteiger partial charge is 0.267 e. The number of nitrogens with two attached hydrogens (primary N) is 1. The van der Waals surface area contributed by atoms with Gasteiger partial charge in [0.15, 0.2) is 0 Å². The number of amides is 1. The maximum Gasteiger partial charge on any atom is 0.267 e. The fourth-order valence-electron chi connectivity index (χ4n) is 2.98. The Hall–Kier alpha value is -3.64. The number of nitrogen functional groups attached to an aromatic ring is 1. The molecule has 10 heteroatoms. The van der Waals surface area contributed by atoms with Gasteiger partial charge in [0.1, 0.15) is 30.9 Å². The molecule has 0 saturated heterocycles. The summed E-state index contributed by atoms with van der Waals surface area (Å²) in [5.41, 5.74) is 8.12. The average molecular weight is 396 g/mol. The second-order valence-electron chi connectivity index (χ2n) is 5.99. The number of nitriles is 1. The van der Waals surface area contributed by atoms with Gasteiger partial charge >= 0.3 is 0 Å².